The molecule has 4 aromatic rings. The summed E-state index contributed by atoms with van der Waals surface area (Å²) >= 11 is 12.3. The molecule has 236 valence electrons. The smallest absolute Gasteiger partial charge is 0.303 e. The minimum Gasteiger partial charge on any atom is -0.481 e. The minimum absolute atomic E-state index is 0.0104. The average molecular weight is 653 g/mol. The maximum atomic E-state index is 13.8. The molecule has 10 nitrogen and oxygen atoms in total. The van der Waals surface area contributed by atoms with Crippen LogP contribution in [0.25, 0.3) is 10.9 Å². The number of carboxylic acid groups (broad SMARTS) is 1. The largest absolute Gasteiger partial charge is 0.481 e. The Hall–Kier alpha value is -4.38. The molecule has 1 heterocycles. The highest BCUT2D eigenvalue weighted by Crippen LogP contribution is 2.23. The van der Waals surface area contributed by atoms with E-state index in [4.69, 9.17) is 34.0 Å². The molecule has 0 bridgehead atoms. The zero-order valence-corrected chi connectivity index (χ0v) is 25.9. The predicted octanol–water partition coefficient (Wildman–Crippen LogP) is 3.78. The molecular formula is C33H35Cl2N5O5. The Bertz CT molecular complexity index is 1650. The number of aromatic amines is 1. The molecule has 0 spiro atoms. The minimum atomic E-state index is -1.09. The van der Waals surface area contributed by atoms with Crippen LogP contribution < -0.4 is 21.7 Å². The zero-order valence-electron chi connectivity index (χ0n) is 24.4. The molecule has 0 radical (unpaired) electrons. The third-order valence-electron chi connectivity index (χ3n) is 7.29. The molecule has 4 rings (SSSR count). The number of carbonyl (C=O) groups is 4. The van der Waals surface area contributed by atoms with Crippen LogP contribution in [0.4, 0.5) is 0 Å². The first-order valence-electron chi connectivity index (χ1n) is 14.5. The molecule has 0 aliphatic carbocycles. The fourth-order valence-corrected chi connectivity index (χ4v) is 5.26. The molecule has 45 heavy (non-hydrogen) atoms. The number of H-pyrrole nitrogens is 1. The molecule has 0 unspecified atom stereocenters. The van der Waals surface area contributed by atoms with Gasteiger partial charge in [0.05, 0.1) is 28.5 Å². The van der Waals surface area contributed by atoms with Gasteiger partial charge in [-0.3, -0.25) is 19.2 Å². The number of benzene rings is 3. The van der Waals surface area contributed by atoms with Crippen LogP contribution in [0.15, 0.2) is 79.0 Å². The molecular weight excluding hydrogens is 617 g/mol. The van der Waals surface area contributed by atoms with Crippen molar-refractivity contribution in [1.29, 1.82) is 0 Å². The average Bonchev–Trinajstić information content (AvgIpc) is 3.43. The number of fused-ring (bicyclic) bond motifs is 1. The van der Waals surface area contributed by atoms with Crippen LogP contribution in [-0.2, 0) is 38.4 Å². The Morgan fingerprint density at radius 3 is 2.27 bits per heavy atom. The Morgan fingerprint density at radius 1 is 0.800 bits per heavy atom. The van der Waals surface area contributed by atoms with E-state index in [1.165, 1.54) is 0 Å². The number of aromatic nitrogens is 1. The van der Waals surface area contributed by atoms with E-state index in [0.717, 1.165) is 27.6 Å². The Kier molecular flexibility index (Phi) is 12.0. The van der Waals surface area contributed by atoms with Crippen molar-refractivity contribution < 1.29 is 24.3 Å². The fourth-order valence-electron chi connectivity index (χ4n) is 4.94. The number of hydrogen-bond acceptors (Lipinski definition) is 5. The Balaban J connectivity index is 1.50. The number of rotatable bonds is 15. The van der Waals surface area contributed by atoms with Gasteiger partial charge in [-0.2, -0.15) is 0 Å². The molecule has 0 saturated carbocycles. The second-order valence-corrected chi connectivity index (χ2v) is 11.6. The van der Waals surface area contributed by atoms with Gasteiger partial charge in [-0.15, -0.1) is 0 Å². The SMILES string of the molecule is N[C@@H](Cc1c[nH]c2ccccc12)C(=O)N[C@@H](Cc1ccccc1)C(=O)N[C@@H](CNC(=O)CCC(=O)O)Cc1ccc(Cl)c(Cl)c1. The summed E-state index contributed by atoms with van der Waals surface area (Å²) in [6.45, 7) is 0.0104. The first-order valence-corrected chi connectivity index (χ1v) is 15.2. The highest BCUT2D eigenvalue weighted by molar-refractivity contribution is 6.42. The van der Waals surface area contributed by atoms with Crippen LogP contribution >= 0.6 is 23.2 Å². The number of hydrogen-bond donors (Lipinski definition) is 6. The number of nitrogens with two attached hydrogens (primary N) is 1. The lowest BCUT2D eigenvalue weighted by Crippen LogP contribution is -2.56. The summed E-state index contributed by atoms with van der Waals surface area (Å²) in [6.07, 6.45) is 2.03. The van der Waals surface area contributed by atoms with Crippen LogP contribution in [0.2, 0.25) is 10.0 Å². The summed E-state index contributed by atoms with van der Waals surface area (Å²) in [6, 6.07) is 19.5. The first kappa shape index (κ1) is 33.5. The van der Waals surface area contributed by atoms with E-state index in [1.807, 2.05) is 60.8 Å². The number of carbonyl (C=O) groups excluding carboxylic acids is 3. The summed E-state index contributed by atoms with van der Waals surface area (Å²) in [5.41, 5.74) is 9.73. The second kappa shape index (κ2) is 16.1. The third-order valence-corrected chi connectivity index (χ3v) is 8.03. The number of nitrogens with one attached hydrogen (secondary N) is 4. The lowest BCUT2D eigenvalue weighted by Gasteiger charge is -2.25. The van der Waals surface area contributed by atoms with Gasteiger partial charge < -0.3 is 31.8 Å². The quantitative estimate of drug-likeness (QED) is 0.114. The lowest BCUT2D eigenvalue weighted by molar-refractivity contribution is -0.138. The van der Waals surface area contributed by atoms with E-state index < -0.39 is 41.8 Å². The van der Waals surface area contributed by atoms with Crippen molar-refractivity contribution in [3.63, 3.8) is 0 Å². The molecule has 0 aliphatic heterocycles. The molecule has 7 N–H and O–H groups in total. The number of carboxylic acids is 1. The fraction of sp³-hybridized carbons (Fsp3) is 0.273. The Labute approximate surface area is 270 Å². The summed E-state index contributed by atoms with van der Waals surface area (Å²) in [5.74, 6) is -2.52. The van der Waals surface area contributed by atoms with Gasteiger partial charge in [0, 0.05) is 36.5 Å². The highest BCUT2D eigenvalue weighted by atomic mass is 35.5. The molecule has 0 saturated heterocycles. The van der Waals surface area contributed by atoms with Crippen molar-refractivity contribution in [2.24, 2.45) is 5.73 Å². The number of aliphatic carboxylic acids is 1. The van der Waals surface area contributed by atoms with Crippen molar-refractivity contribution in [2.75, 3.05) is 6.54 Å². The maximum absolute atomic E-state index is 13.8. The van der Waals surface area contributed by atoms with Gasteiger partial charge in [-0.1, -0.05) is 77.8 Å². The summed E-state index contributed by atoms with van der Waals surface area (Å²) < 4.78 is 0. The van der Waals surface area contributed by atoms with E-state index >= 15 is 0 Å². The molecule has 12 heteroatoms. The lowest BCUT2D eigenvalue weighted by atomic mass is 10.0. The van der Waals surface area contributed by atoms with Crippen LogP contribution in [0.3, 0.4) is 0 Å². The van der Waals surface area contributed by atoms with E-state index in [1.54, 1.807) is 18.2 Å². The van der Waals surface area contributed by atoms with Gasteiger partial charge in [0.1, 0.15) is 6.04 Å². The third kappa shape index (κ3) is 10.1. The zero-order chi connectivity index (χ0) is 32.3. The van der Waals surface area contributed by atoms with E-state index in [0.29, 0.717) is 10.0 Å². The van der Waals surface area contributed by atoms with E-state index in [2.05, 4.69) is 20.9 Å². The second-order valence-electron chi connectivity index (χ2n) is 10.8. The van der Waals surface area contributed by atoms with Crippen molar-refractivity contribution in [1.82, 2.24) is 20.9 Å². The standard InChI is InChI=1S/C33H35Cl2N5O5/c34-25-11-10-21(15-26(25)35)14-23(19-38-30(41)12-13-31(42)43)39-33(45)29(16-20-6-2-1-3-7-20)40-32(44)27(36)17-22-18-37-28-9-5-4-8-24(22)28/h1-11,15,18,23,27,29,37H,12-14,16-17,19,36H2,(H,38,41)(H,39,45)(H,40,44)(H,42,43)/t23-,27+,29+/m1/s1. The first-order chi connectivity index (χ1) is 21.6. The van der Waals surface area contributed by atoms with Crippen LogP contribution in [0.5, 0.6) is 0 Å². The van der Waals surface area contributed by atoms with Gasteiger partial charge in [-0.05, 0) is 47.7 Å². The van der Waals surface area contributed by atoms with Crippen molar-refractivity contribution in [2.45, 2.75) is 50.2 Å². The number of para-hydroxylation sites is 1. The predicted molar refractivity (Wildman–Crippen MR) is 174 cm³/mol. The molecule has 3 atom stereocenters. The van der Waals surface area contributed by atoms with E-state index in [-0.39, 0.29) is 38.6 Å². The number of amides is 3. The van der Waals surface area contributed by atoms with Crippen LogP contribution in [0.1, 0.15) is 29.5 Å². The van der Waals surface area contributed by atoms with Gasteiger partial charge in [0.15, 0.2) is 0 Å². The van der Waals surface area contributed by atoms with Crippen LogP contribution in [0, 0.1) is 0 Å². The highest BCUT2D eigenvalue weighted by Gasteiger charge is 2.27. The van der Waals surface area contributed by atoms with Gasteiger partial charge in [0.2, 0.25) is 17.7 Å². The molecule has 1 aromatic heterocycles. The topological polar surface area (TPSA) is 166 Å². The van der Waals surface area contributed by atoms with E-state index in [9.17, 15) is 19.2 Å². The molecule has 0 fully saturated rings. The maximum Gasteiger partial charge on any atom is 0.303 e. The van der Waals surface area contributed by atoms with Crippen molar-refractivity contribution in [3.8, 4) is 0 Å². The van der Waals surface area contributed by atoms with Gasteiger partial charge in [0.25, 0.3) is 0 Å². The summed E-state index contributed by atoms with van der Waals surface area (Å²) in [5, 5.41) is 19.1. The van der Waals surface area contributed by atoms with Gasteiger partial charge in [-0.25, -0.2) is 0 Å². The molecule has 0 aliphatic rings. The van der Waals surface area contributed by atoms with Crippen molar-refractivity contribution in [3.05, 3.63) is 106 Å². The number of halogens is 2. The summed E-state index contributed by atoms with van der Waals surface area (Å²) in [4.78, 5) is 53.5. The Morgan fingerprint density at radius 2 is 1.53 bits per heavy atom. The van der Waals surface area contributed by atoms with Crippen molar-refractivity contribution >= 4 is 57.8 Å². The summed E-state index contributed by atoms with van der Waals surface area (Å²) in [7, 11) is 0. The monoisotopic (exact) mass is 651 g/mol. The van der Waals surface area contributed by atoms with Crippen LogP contribution in [-0.4, -0.2) is 58.5 Å². The molecule has 3 amide bonds. The molecule has 3 aromatic carbocycles. The van der Waals surface area contributed by atoms with Gasteiger partial charge >= 0.3 is 5.97 Å². The normalized spacial score (nSPS) is 13.0.